The summed E-state index contributed by atoms with van der Waals surface area (Å²) >= 11 is 0. The van der Waals surface area contributed by atoms with Crippen LogP contribution < -0.4 is 15.0 Å². The molecule has 1 heterocycles. The Kier molecular flexibility index (Phi) is 6.72. The van der Waals surface area contributed by atoms with Crippen molar-refractivity contribution >= 4 is 23.4 Å². The standard InChI is InChI=1S/C23H27N3O4/c1-4-30-20-10-8-19(9-11-20)26-15-18(13-21(26)27)22(28)24-14-16-6-5-7-17(12-16)23(29)25(2)3/h5-12,18H,4,13-15H2,1-3H3,(H,24,28). The van der Waals surface area contributed by atoms with E-state index in [-0.39, 0.29) is 24.1 Å². The fourth-order valence-corrected chi connectivity index (χ4v) is 3.43. The van der Waals surface area contributed by atoms with Gasteiger partial charge in [-0.15, -0.1) is 0 Å². The SMILES string of the molecule is CCOc1ccc(N2CC(C(=O)NCc3cccc(C(=O)N(C)C)c3)CC2=O)cc1. The van der Waals surface area contributed by atoms with E-state index in [4.69, 9.17) is 4.74 Å². The van der Waals surface area contributed by atoms with Crippen molar-refractivity contribution in [3.05, 3.63) is 59.7 Å². The predicted molar refractivity (Wildman–Crippen MR) is 114 cm³/mol. The number of hydrogen-bond donors (Lipinski definition) is 1. The van der Waals surface area contributed by atoms with Gasteiger partial charge in [-0.25, -0.2) is 0 Å². The highest BCUT2D eigenvalue weighted by Crippen LogP contribution is 2.27. The van der Waals surface area contributed by atoms with Crippen LogP contribution in [-0.2, 0) is 16.1 Å². The van der Waals surface area contributed by atoms with Crippen LogP contribution in [-0.4, -0.2) is 49.9 Å². The molecule has 1 aliphatic heterocycles. The number of rotatable bonds is 7. The van der Waals surface area contributed by atoms with Gasteiger partial charge in [0.2, 0.25) is 11.8 Å². The molecule has 7 nitrogen and oxygen atoms in total. The maximum absolute atomic E-state index is 12.6. The van der Waals surface area contributed by atoms with Gasteiger partial charge in [0, 0.05) is 44.9 Å². The van der Waals surface area contributed by atoms with Crippen molar-refractivity contribution in [3.8, 4) is 5.75 Å². The zero-order valence-corrected chi connectivity index (χ0v) is 17.6. The second kappa shape index (κ2) is 9.43. The summed E-state index contributed by atoms with van der Waals surface area (Å²) in [6.45, 7) is 3.15. The molecule has 0 bridgehead atoms. The molecule has 3 rings (SSSR count). The first-order valence-corrected chi connectivity index (χ1v) is 10.0. The first-order valence-electron chi connectivity index (χ1n) is 10.0. The van der Waals surface area contributed by atoms with Crippen molar-refractivity contribution in [2.75, 3.05) is 32.1 Å². The fourth-order valence-electron chi connectivity index (χ4n) is 3.43. The monoisotopic (exact) mass is 409 g/mol. The van der Waals surface area contributed by atoms with Crippen LogP contribution in [0.15, 0.2) is 48.5 Å². The lowest BCUT2D eigenvalue weighted by Crippen LogP contribution is -2.32. The molecule has 7 heteroatoms. The molecule has 158 valence electrons. The summed E-state index contributed by atoms with van der Waals surface area (Å²) in [5, 5.41) is 2.89. The minimum absolute atomic E-state index is 0.0714. The number of nitrogens with one attached hydrogen (secondary N) is 1. The first kappa shape index (κ1) is 21.4. The summed E-state index contributed by atoms with van der Waals surface area (Å²) in [6, 6.07) is 14.5. The van der Waals surface area contributed by atoms with E-state index in [0.717, 1.165) is 17.0 Å². The molecular weight excluding hydrogens is 382 g/mol. The highest BCUT2D eigenvalue weighted by molar-refractivity contribution is 6.00. The smallest absolute Gasteiger partial charge is 0.253 e. The van der Waals surface area contributed by atoms with Gasteiger partial charge in [0.1, 0.15) is 5.75 Å². The zero-order valence-electron chi connectivity index (χ0n) is 17.6. The molecule has 1 atom stereocenters. The van der Waals surface area contributed by atoms with Gasteiger partial charge >= 0.3 is 0 Å². The van der Waals surface area contributed by atoms with Crippen LogP contribution in [0.3, 0.4) is 0 Å². The minimum atomic E-state index is -0.407. The average molecular weight is 409 g/mol. The molecule has 0 saturated carbocycles. The van der Waals surface area contributed by atoms with E-state index in [9.17, 15) is 14.4 Å². The van der Waals surface area contributed by atoms with Crippen LogP contribution in [0.5, 0.6) is 5.75 Å². The molecule has 1 saturated heterocycles. The highest BCUT2D eigenvalue weighted by Gasteiger charge is 2.35. The lowest BCUT2D eigenvalue weighted by Gasteiger charge is -2.17. The van der Waals surface area contributed by atoms with Crippen molar-refractivity contribution in [1.29, 1.82) is 0 Å². The number of hydrogen-bond acceptors (Lipinski definition) is 4. The number of nitrogens with zero attached hydrogens (tertiary/aromatic N) is 2. The van der Waals surface area contributed by atoms with Crippen molar-refractivity contribution in [2.45, 2.75) is 19.9 Å². The van der Waals surface area contributed by atoms with Crippen LogP contribution >= 0.6 is 0 Å². The topological polar surface area (TPSA) is 79.0 Å². The average Bonchev–Trinajstić information content (AvgIpc) is 3.14. The first-order chi connectivity index (χ1) is 14.4. The van der Waals surface area contributed by atoms with E-state index in [0.29, 0.717) is 25.3 Å². The molecule has 2 aromatic carbocycles. The Bertz CT molecular complexity index is 924. The van der Waals surface area contributed by atoms with Gasteiger partial charge in [0.15, 0.2) is 0 Å². The van der Waals surface area contributed by atoms with E-state index >= 15 is 0 Å². The molecule has 0 aromatic heterocycles. The van der Waals surface area contributed by atoms with Gasteiger partial charge in [-0.2, -0.15) is 0 Å². The summed E-state index contributed by atoms with van der Waals surface area (Å²) in [5.41, 5.74) is 2.17. The van der Waals surface area contributed by atoms with Crippen LogP contribution in [0.4, 0.5) is 5.69 Å². The Labute approximate surface area is 176 Å². The van der Waals surface area contributed by atoms with E-state index < -0.39 is 5.92 Å². The van der Waals surface area contributed by atoms with Crippen molar-refractivity contribution in [2.24, 2.45) is 5.92 Å². The molecule has 0 spiro atoms. The third-order valence-corrected chi connectivity index (χ3v) is 5.00. The highest BCUT2D eigenvalue weighted by atomic mass is 16.5. The van der Waals surface area contributed by atoms with Gasteiger partial charge in [-0.05, 0) is 48.9 Å². The Hall–Kier alpha value is -3.35. The molecule has 0 radical (unpaired) electrons. The molecule has 30 heavy (non-hydrogen) atoms. The van der Waals surface area contributed by atoms with Crippen LogP contribution in [0, 0.1) is 5.92 Å². The number of amides is 3. The van der Waals surface area contributed by atoms with E-state index in [2.05, 4.69) is 5.32 Å². The van der Waals surface area contributed by atoms with Gasteiger partial charge in [0.25, 0.3) is 5.91 Å². The summed E-state index contributed by atoms with van der Waals surface area (Å²) in [4.78, 5) is 40.3. The summed E-state index contributed by atoms with van der Waals surface area (Å²) in [5.74, 6) is 0.0161. The minimum Gasteiger partial charge on any atom is -0.494 e. The molecule has 2 aromatic rings. The number of ether oxygens (including phenoxy) is 1. The maximum Gasteiger partial charge on any atom is 0.253 e. The van der Waals surface area contributed by atoms with Crippen molar-refractivity contribution < 1.29 is 19.1 Å². The third kappa shape index (κ3) is 4.97. The molecule has 0 aliphatic carbocycles. The predicted octanol–water partition coefficient (Wildman–Crippen LogP) is 2.46. The Balaban J connectivity index is 1.58. The molecule has 1 unspecified atom stereocenters. The number of anilines is 1. The van der Waals surface area contributed by atoms with Crippen LogP contribution in [0.2, 0.25) is 0 Å². The number of carbonyl (C=O) groups excluding carboxylic acids is 3. The summed E-state index contributed by atoms with van der Waals surface area (Å²) < 4.78 is 5.43. The van der Waals surface area contributed by atoms with Crippen LogP contribution in [0.1, 0.15) is 29.3 Å². The van der Waals surface area contributed by atoms with Crippen molar-refractivity contribution in [1.82, 2.24) is 10.2 Å². The molecule has 3 amide bonds. The molecule has 1 N–H and O–H groups in total. The Morgan fingerprint density at radius 2 is 1.90 bits per heavy atom. The second-order valence-electron chi connectivity index (χ2n) is 7.45. The largest absolute Gasteiger partial charge is 0.494 e. The third-order valence-electron chi connectivity index (χ3n) is 5.00. The summed E-state index contributed by atoms with van der Waals surface area (Å²) in [7, 11) is 3.40. The van der Waals surface area contributed by atoms with E-state index in [1.165, 1.54) is 4.90 Å². The lowest BCUT2D eigenvalue weighted by molar-refractivity contribution is -0.126. The maximum atomic E-state index is 12.6. The van der Waals surface area contributed by atoms with Crippen LogP contribution in [0.25, 0.3) is 0 Å². The molecule has 1 fully saturated rings. The quantitative estimate of drug-likeness (QED) is 0.762. The molecule has 1 aliphatic rings. The van der Waals surface area contributed by atoms with E-state index in [1.54, 1.807) is 37.2 Å². The van der Waals surface area contributed by atoms with Gasteiger partial charge in [-0.1, -0.05) is 12.1 Å². The second-order valence-corrected chi connectivity index (χ2v) is 7.45. The van der Waals surface area contributed by atoms with Gasteiger partial charge in [0.05, 0.1) is 12.5 Å². The summed E-state index contributed by atoms with van der Waals surface area (Å²) in [6.07, 6.45) is 0.179. The number of carbonyl (C=O) groups is 3. The lowest BCUT2D eigenvalue weighted by atomic mass is 10.1. The number of benzene rings is 2. The Morgan fingerprint density at radius 3 is 2.57 bits per heavy atom. The normalized spacial score (nSPS) is 15.8. The fraction of sp³-hybridized carbons (Fsp3) is 0.348. The van der Waals surface area contributed by atoms with Crippen molar-refractivity contribution in [3.63, 3.8) is 0 Å². The Morgan fingerprint density at radius 1 is 1.17 bits per heavy atom. The molecular formula is C23H27N3O4. The van der Waals surface area contributed by atoms with Gasteiger partial charge in [-0.3, -0.25) is 14.4 Å². The van der Waals surface area contributed by atoms with E-state index in [1.807, 2.05) is 37.3 Å². The van der Waals surface area contributed by atoms with Gasteiger partial charge < -0.3 is 19.9 Å². The zero-order chi connectivity index (χ0) is 21.7.